The number of hydrogen-bond acceptors (Lipinski definition) is 5. The van der Waals surface area contributed by atoms with E-state index in [0.717, 1.165) is 23.1 Å². The minimum Gasteiger partial charge on any atom is -0.383 e. The number of carbonyl (C=O) groups is 1. The molecule has 1 saturated heterocycles. The Kier molecular flexibility index (Phi) is 7.35. The largest absolute Gasteiger partial charge is 0.383 e. The lowest BCUT2D eigenvalue weighted by Crippen LogP contribution is -2.39. The molecular weight excluding hydrogens is 482 g/mol. The third-order valence-electron chi connectivity index (χ3n) is 5.72. The number of piperidine rings is 1. The van der Waals surface area contributed by atoms with Crippen LogP contribution in [0.3, 0.4) is 0 Å². The second kappa shape index (κ2) is 10.1. The second-order valence-electron chi connectivity index (χ2n) is 8.19. The lowest BCUT2D eigenvalue weighted by molar-refractivity contribution is 0.0997. The highest BCUT2D eigenvalue weighted by Crippen LogP contribution is 2.24. The zero-order valence-corrected chi connectivity index (χ0v) is 20.9. The van der Waals surface area contributed by atoms with Gasteiger partial charge in [0, 0.05) is 37.3 Å². The summed E-state index contributed by atoms with van der Waals surface area (Å²) in [5.74, 6) is -0.0940. The fourth-order valence-corrected chi connectivity index (χ4v) is 6.89. The Bertz CT molecular complexity index is 1330. The van der Waals surface area contributed by atoms with Crippen molar-refractivity contribution in [2.45, 2.75) is 31.2 Å². The summed E-state index contributed by atoms with van der Waals surface area (Å²) in [5, 5.41) is 0.611. The number of rotatable bonds is 6. The van der Waals surface area contributed by atoms with Gasteiger partial charge in [-0.1, -0.05) is 29.9 Å². The summed E-state index contributed by atoms with van der Waals surface area (Å²) in [7, 11) is -1.95. The van der Waals surface area contributed by atoms with Crippen LogP contribution >= 0.6 is 22.9 Å². The van der Waals surface area contributed by atoms with Crippen molar-refractivity contribution < 1.29 is 17.9 Å². The quantitative estimate of drug-likeness (QED) is 0.501. The third kappa shape index (κ3) is 5.22. The minimum atomic E-state index is -3.57. The van der Waals surface area contributed by atoms with Gasteiger partial charge in [0.25, 0.3) is 5.91 Å². The predicted octanol–water partition coefficient (Wildman–Crippen LogP) is 4.16. The fourth-order valence-electron chi connectivity index (χ4n) is 3.97. The summed E-state index contributed by atoms with van der Waals surface area (Å²) in [5.41, 5.74) is 1.25. The van der Waals surface area contributed by atoms with Gasteiger partial charge in [-0.15, -0.1) is 0 Å². The van der Waals surface area contributed by atoms with E-state index in [2.05, 4.69) is 11.9 Å². The molecule has 0 aliphatic carbocycles. The number of sulfonamides is 1. The van der Waals surface area contributed by atoms with Gasteiger partial charge in [-0.2, -0.15) is 9.30 Å². The minimum absolute atomic E-state index is 0.194. The smallest absolute Gasteiger partial charge is 0.279 e. The van der Waals surface area contributed by atoms with Crippen LogP contribution in [0.1, 0.15) is 30.1 Å². The van der Waals surface area contributed by atoms with Crippen LogP contribution in [-0.4, -0.2) is 50.0 Å². The number of benzene rings is 2. The average molecular weight is 508 g/mol. The number of ether oxygens (including phenoxy) is 1. The van der Waals surface area contributed by atoms with Gasteiger partial charge in [-0.25, -0.2) is 8.42 Å². The molecule has 1 aromatic heterocycles. The first-order valence-electron chi connectivity index (χ1n) is 10.8. The monoisotopic (exact) mass is 507 g/mol. The van der Waals surface area contributed by atoms with Gasteiger partial charge in [0.2, 0.25) is 10.0 Å². The van der Waals surface area contributed by atoms with E-state index in [0.29, 0.717) is 47.5 Å². The van der Waals surface area contributed by atoms with Crippen LogP contribution in [0, 0.1) is 5.92 Å². The number of aromatic nitrogens is 1. The Morgan fingerprint density at radius 3 is 2.70 bits per heavy atom. The molecule has 2 aromatic carbocycles. The van der Waals surface area contributed by atoms with Gasteiger partial charge < -0.3 is 9.30 Å². The Morgan fingerprint density at radius 1 is 1.24 bits per heavy atom. The van der Waals surface area contributed by atoms with Crippen molar-refractivity contribution in [2.24, 2.45) is 10.9 Å². The summed E-state index contributed by atoms with van der Waals surface area (Å²) >= 11 is 7.50. The number of methoxy groups -OCH3 is 1. The third-order valence-corrected chi connectivity index (χ3v) is 8.88. The summed E-state index contributed by atoms with van der Waals surface area (Å²) in [6.07, 6.45) is 1.90. The van der Waals surface area contributed by atoms with E-state index in [1.807, 2.05) is 16.7 Å². The molecule has 1 unspecified atom stereocenters. The molecule has 1 atom stereocenters. The van der Waals surface area contributed by atoms with Crippen LogP contribution in [0.25, 0.3) is 10.2 Å². The van der Waals surface area contributed by atoms with Gasteiger partial charge >= 0.3 is 0 Å². The average Bonchev–Trinajstić information content (AvgIpc) is 3.13. The molecule has 0 bridgehead atoms. The van der Waals surface area contributed by atoms with Gasteiger partial charge in [-0.3, -0.25) is 4.79 Å². The van der Waals surface area contributed by atoms with E-state index in [1.165, 1.54) is 39.9 Å². The van der Waals surface area contributed by atoms with Crippen molar-refractivity contribution in [1.82, 2.24) is 8.87 Å². The molecule has 3 aromatic rings. The predicted molar refractivity (Wildman–Crippen MR) is 130 cm³/mol. The molecule has 0 spiro atoms. The van der Waals surface area contributed by atoms with Crippen molar-refractivity contribution in [2.75, 3.05) is 26.8 Å². The van der Waals surface area contributed by atoms with Gasteiger partial charge in [0.1, 0.15) is 0 Å². The number of amides is 1. The Hall–Kier alpha value is -2.04. The van der Waals surface area contributed by atoms with E-state index in [1.54, 1.807) is 13.2 Å². The first-order chi connectivity index (χ1) is 15.8. The maximum atomic E-state index is 13.0. The zero-order valence-electron chi connectivity index (χ0n) is 18.5. The molecule has 33 heavy (non-hydrogen) atoms. The maximum absolute atomic E-state index is 13.0. The summed E-state index contributed by atoms with van der Waals surface area (Å²) < 4.78 is 35.5. The van der Waals surface area contributed by atoms with Gasteiger partial charge in [0.05, 0.1) is 21.7 Å². The number of halogens is 1. The molecule has 0 radical (unpaired) electrons. The van der Waals surface area contributed by atoms with E-state index in [9.17, 15) is 13.2 Å². The molecule has 0 saturated carbocycles. The molecule has 0 N–H and O–H groups in total. The van der Waals surface area contributed by atoms with Gasteiger partial charge in [0.15, 0.2) is 4.80 Å². The molecule has 10 heteroatoms. The number of nitrogens with zero attached hydrogens (tertiary/aromatic N) is 3. The highest BCUT2D eigenvalue weighted by Gasteiger charge is 2.28. The van der Waals surface area contributed by atoms with E-state index < -0.39 is 15.9 Å². The Balaban J connectivity index is 1.63. The van der Waals surface area contributed by atoms with Crippen LogP contribution in [0.5, 0.6) is 0 Å². The van der Waals surface area contributed by atoms with Crippen molar-refractivity contribution >= 4 is 49.1 Å². The first-order valence-corrected chi connectivity index (χ1v) is 13.4. The van der Waals surface area contributed by atoms with Gasteiger partial charge in [-0.05, 0) is 61.2 Å². The zero-order chi connectivity index (χ0) is 23.6. The highest BCUT2D eigenvalue weighted by atomic mass is 35.5. The lowest BCUT2D eigenvalue weighted by Gasteiger charge is -2.30. The van der Waals surface area contributed by atoms with Crippen LogP contribution in [0.15, 0.2) is 52.4 Å². The standard InChI is InChI=1S/C23H26ClN3O4S2/c1-16-4-3-11-26(15-16)33(29,30)19-8-5-17(6-9-19)22(28)25-23-27(12-13-31-2)20-10-7-18(24)14-21(20)32-23/h5-10,14,16H,3-4,11-13,15H2,1-2H3. The SMILES string of the molecule is COCCn1c(=NC(=O)c2ccc(S(=O)(=O)N3CCCC(C)C3)cc2)sc2cc(Cl)ccc21. The van der Waals surface area contributed by atoms with Crippen molar-refractivity contribution in [3.63, 3.8) is 0 Å². The molecule has 4 rings (SSSR count). The molecule has 176 valence electrons. The molecule has 1 amide bonds. The summed E-state index contributed by atoms with van der Waals surface area (Å²) in [6.45, 7) is 4.12. The van der Waals surface area contributed by atoms with Crippen LogP contribution < -0.4 is 4.80 Å². The topological polar surface area (TPSA) is 81.0 Å². The Labute approximate surface area is 202 Å². The number of thiazole rings is 1. The van der Waals surface area contributed by atoms with Crippen LogP contribution in [0.4, 0.5) is 0 Å². The normalized spacial score (nSPS) is 18.2. The van der Waals surface area contributed by atoms with Crippen LogP contribution in [-0.2, 0) is 21.3 Å². The first kappa shape index (κ1) is 24.1. The van der Waals surface area contributed by atoms with Crippen molar-refractivity contribution in [1.29, 1.82) is 0 Å². The molecule has 2 heterocycles. The van der Waals surface area contributed by atoms with Crippen LogP contribution in [0.2, 0.25) is 5.02 Å². The number of hydrogen-bond donors (Lipinski definition) is 0. The van der Waals surface area contributed by atoms with E-state index in [-0.39, 0.29) is 4.90 Å². The molecule has 1 aliphatic heterocycles. The maximum Gasteiger partial charge on any atom is 0.279 e. The van der Waals surface area contributed by atoms with E-state index >= 15 is 0 Å². The van der Waals surface area contributed by atoms with Crippen molar-refractivity contribution in [3.8, 4) is 0 Å². The van der Waals surface area contributed by atoms with Crippen molar-refractivity contribution in [3.05, 3.63) is 57.9 Å². The molecule has 1 aliphatic rings. The fraction of sp³-hybridized carbons (Fsp3) is 0.391. The highest BCUT2D eigenvalue weighted by molar-refractivity contribution is 7.89. The second-order valence-corrected chi connectivity index (χ2v) is 11.6. The molecule has 1 fully saturated rings. The number of fused-ring (bicyclic) bond motifs is 1. The Morgan fingerprint density at radius 2 is 2.00 bits per heavy atom. The summed E-state index contributed by atoms with van der Waals surface area (Å²) in [4.78, 5) is 18.0. The number of carbonyl (C=O) groups excluding carboxylic acids is 1. The summed E-state index contributed by atoms with van der Waals surface area (Å²) in [6, 6.07) is 11.6. The lowest BCUT2D eigenvalue weighted by atomic mass is 10.0. The molecule has 7 nitrogen and oxygen atoms in total. The molecular formula is C23H26ClN3O4S2. The van der Waals surface area contributed by atoms with E-state index in [4.69, 9.17) is 16.3 Å².